The van der Waals surface area contributed by atoms with Gasteiger partial charge in [0.1, 0.15) is 0 Å². The fourth-order valence-corrected chi connectivity index (χ4v) is 0.929. The van der Waals surface area contributed by atoms with Crippen LogP contribution < -0.4 is 5.32 Å². The molecule has 1 aromatic rings. The topological polar surface area (TPSA) is 58.1 Å². The Bertz CT molecular complexity index is 329. The molecule has 0 aliphatic carbocycles. The zero-order valence-corrected chi connectivity index (χ0v) is 8.75. The Morgan fingerprint density at radius 2 is 2.14 bits per heavy atom. The van der Waals surface area contributed by atoms with E-state index in [-0.39, 0.29) is 17.6 Å². The van der Waals surface area contributed by atoms with Gasteiger partial charge in [-0.25, -0.2) is 9.97 Å². The summed E-state index contributed by atoms with van der Waals surface area (Å²) < 4.78 is 0. The van der Waals surface area contributed by atoms with Gasteiger partial charge in [0.05, 0.1) is 6.54 Å². The van der Waals surface area contributed by atoms with Gasteiger partial charge in [0.25, 0.3) is 0 Å². The van der Waals surface area contributed by atoms with Crippen LogP contribution in [0, 0.1) is 0 Å². The lowest BCUT2D eigenvalue weighted by Crippen LogP contribution is -2.28. The number of carbonyl (C=O) groups is 1. The van der Waals surface area contributed by atoms with E-state index in [4.69, 9.17) is 11.6 Å². The van der Waals surface area contributed by atoms with Crippen LogP contribution in [-0.2, 0) is 4.79 Å². The van der Waals surface area contributed by atoms with Crippen molar-refractivity contribution in [1.82, 2.24) is 14.9 Å². The molecule has 6 heteroatoms. The predicted molar refractivity (Wildman–Crippen MR) is 54.2 cm³/mol. The van der Waals surface area contributed by atoms with E-state index in [0.29, 0.717) is 5.82 Å². The van der Waals surface area contributed by atoms with E-state index in [1.807, 2.05) is 0 Å². The van der Waals surface area contributed by atoms with Gasteiger partial charge in [0, 0.05) is 26.5 Å². The van der Waals surface area contributed by atoms with Crippen molar-refractivity contribution < 1.29 is 4.79 Å². The van der Waals surface area contributed by atoms with Crippen LogP contribution in [0.15, 0.2) is 12.4 Å². The molecule has 0 aliphatic rings. The number of carbonyl (C=O) groups excluding carboxylic acids is 1. The van der Waals surface area contributed by atoms with Crippen molar-refractivity contribution >= 4 is 23.3 Å². The fraction of sp³-hybridized carbons (Fsp3) is 0.375. The molecule has 0 bridgehead atoms. The second-order valence-electron chi connectivity index (χ2n) is 2.84. The van der Waals surface area contributed by atoms with Crippen LogP contribution in [-0.4, -0.2) is 41.4 Å². The number of hydrogen-bond donors (Lipinski definition) is 1. The highest BCUT2D eigenvalue weighted by Crippen LogP contribution is 2.13. The smallest absolute Gasteiger partial charge is 0.241 e. The molecule has 0 spiro atoms. The van der Waals surface area contributed by atoms with Gasteiger partial charge in [-0.2, -0.15) is 0 Å². The van der Waals surface area contributed by atoms with Gasteiger partial charge in [-0.05, 0) is 0 Å². The molecular formula is C8H11ClN4O. The zero-order valence-electron chi connectivity index (χ0n) is 7.99. The van der Waals surface area contributed by atoms with Gasteiger partial charge in [-0.3, -0.25) is 4.79 Å². The highest BCUT2D eigenvalue weighted by atomic mass is 35.5. The number of aromatic nitrogens is 2. The molecule has 0 atom stereocenters. The van der Waals surface area contributed by atoms with E-state index >= 15 is 0 Å². The third kappa shape index (κ3) is 2.85. The molecule has 1 aromatic heterocycles. The number of anilines is 1. The molecule has 76 valence electrons. The molecule has 0 saturated heterocycles. The number of likely N-dealkylation sites (N-methyl/N-ethyl adjacent to an activating group) is 1. The SMILES string of the molecule is CN(C)C(=O)CNc1nccnc1Cl. The van der Waals surface area contributed by atoms with Crippen molar-refractivity contribution in [2.45, 2.75) is 0 Å². The van der Waals surface area contributed by atoms with Gasteiger partial charge in [-0.1, -0.05) is 11.6 Å². The molecule has 0 radical (unpaired) electrons. The molecule has 5 nitrogen and oxygen atoms in total. The number of hydrogen-bond acceptors (Lipinski definition) is 4. The summed E-state index contributed by atoms with van der Waals surface area (Å²) in [5.74, 6) is 0.371. The van der Waals surface area contributed by atoms with Crippen LogP contribution in [0.4, 0.5) is 5.82 Å². The van der Waals surface area contributed by atoms with Crippen LogP contribution in [0.2, 0.25) is 5.15 Å². The monoisotopic (exact) mass is 214 g/mol. The van der Waals surface area contributed by atoms with Gasteiger partial charge < -0.3 is 10.2 Å². The Kier molecular flexibility index (Phi) is 3.64. The van der Waals surface area contributed by atoms with Crippen LogP contribution >= 0.6 is 11.6 Å². The average molecular weight is 215 g/mol. The maximum Gasteiger partial charge on any atom is 0.241 e. The minimum atomic E-state index is -0.0493. The number of halogens is 1. The first-order valence-electron chi connectivity index (χ1n) is 4.02. The Morgan fingerprint density at radius 3 is 2.71 bits per heavy atom. The second kappa shape index (κ2) is 4.76. The maximum absolute atomic E-state index is 11.2. The second-order valence-corrected chi connectivity index (χ2v) is 3.20. The van der Waals surface area contributed by atoms with Crippen molar-refractivity contribution in [1.29, 1.82) is 0 Å². The highest BCUT2D eigenvalue weighted by molar-refractivity contribution is 6.31. The quantitative estimate of drug-likeness (QED) is 0.802. The summed E-state index contributed by atoms with van der Waals surface area (Å²) in [6, 6.07) is 0. The van der Waals surface area contributed by atoms with E-state index in [1.165, 1.54) is 17.3 Å². The molecule has 1 heterocycles. The average Bonchev–Trinajstić information content (AvgIpc) is 2.16. The molecule has 0 aromatic carbocycles. The van der Waals surface area contributed by atoms with E-state index in [0.717, 1.165) is 0 Å². The lowest BCUT2D eigenvalue weighted by molar-refractivity contribution is -0.126. The van der Waals surface area contributed by atoms with Crippen molar-refractivity contribution in [3.05, 3.63) is 17.5 Å². The van der Waals surface area contributed by atoms with Gasteiger partial charge in [-0.15, -0.1) is 0 Å². The molecule has 0 aliphatic heterocycles. The summed E-state index contributed by atoms with van der Waals surface area (Å²) in [6.45, 7) is 0.158. The maximum atomic E-state index is 11.2. The summed E-state index contributed by atoms with van der Waals surface area (Å²) in [5, 5.41) is 3.06. The van der Waals surface area contributed by atoms with Crippen LogP contribution in [0.25, 0.3) is 0 Å². The Labute approximate surface area is 87.1 Å². The molecule has 14 heavy (non-hydrogen) atoms. The lowest BCUT2D eigenvalue weighted by atomic mass is 10.5. The van der Waals surface area contributed by atoms with E-state index in [1.54, 1.807) is 14.1 Å². The molecule has 1 N–H and O–H groups in total. The number of nitrogens with one attached hydrogen (secondary N) is 1. The molecule has 0 fully saturated rings. The lowest BCUT2D eigenvalue weighted by Gasteiger charge is -2.11. The van der Waals surface area contributed by atoms with E-state index in [9.17, 15) is 4.79 Å². The minimum absolute atomic E-state index is 0.0493. The first kappa shape index (κ1) is 10.7. The minimum Gasteiger partial charge on any atom is -0.358 e. The summed E-state index contributed by atoms with van der Waals surface area (Å²) in [4.78, 5) is 20.4. The zero-order chi connectivity index (χ0) is 10.6. The fourth-order valence-electron chi connectivity index (χ4n) is 0.757. The van der Waals surface area contributed by atoms with E-state index < -0.39 is 0 Å². The number of amides is 1. The summed E-state index contributed by atoms with van der Waals surface area (Å²) in [6.07, 6.45) is 3.00. The van der Waals surface area contributed by atoms with E-state index in [2.05, 4.69) is 15.3 Å². The van der Waals surface area contributed by atoms with Crippen molar-refractivity contribution in [2.75, 3.05) is 26.0 Å². The first-order valence-corrected chi connectivity index (χ1v) is 4.39. The first-order chi connectivity index (χ1) is 6.61. The Hall–Kier alpha value is -1.36. The normalized spacial score (nSPS) is 9.64. The van der Waals surface area contributed by atoms with Crippen molar-refractivity contribution in [3.63, 3.8) is 0 Å². The molecule has 0 unspecified atom stereocenters. The molecule has 1 amide bonds. The number of nitrogens with zero attached hydrogens (tertiary/aromatic N) is 3. The van der Waals surface area contributed by atoms with Crippen LogP contribution in [0.1, 0.15) is 0 Å². The number of rotatable bonds is 3. The van der Waals surface area contributed by atoms with Crippen molar-refractivity contribution in [3.8, 4) is 0 Å². The van der Waals surface area contributed by atoms with Crippen LogP contribution in [0.3, 0.4) is 0 Å². The summed E-state index contributed by atoms with van der Waals surface area (Å²) >= 11 is 5.73. The largest absolute Gasteiger partial charge is 0.358 e. The third-order valence-electron chi connectivity index (χ3n) is 1.56. The molecule has 0 saturated carbocycles. The Balaban J connectivity index is 2.54. The standard InChI is InChI=1S/C8H11ClN4O/c1-13(2)6(14)5-12-8-7(9)10-3-4-11-8/h3-4H,5H2,1-2H3,(H,11,12). The van der Waals surface area contributed by atoms with Gasteiger partial charge in [0.15, 0.2) is 11.0 Å². The van der Waals surface area contributed by atoms with Gasteiger partial charge in [0.2, 0.25) is 5.91 Å². The molecule has 1 rings (SSSR count). The summed E-state index contributed by atoms with van der Waals surface area (Å²) in [5.41, 5.74) is 0. The predicted octanol–water partition coefficient (Wildman–Crippen LogP) is 0.630. The summed E-state index contributed by atoms with van der Waals surface area (Å²) in [7, 11) is 3.37. The van der Waals surface area contributed by atoms with Crippen molar-refractivity contribution in [2.24, 2.45) is 0 Å². The van der Waals surface area contributed by atoms with Crippen LogP contribution in [0.5, 0.6) is 0 Å². The highest BCUT2D eigenvalue weighted by Gasteiger charge is 2.06. The third-order valence-corrected chi connectivity index (χ3v) is 1.84. The Morgan fingerprint density at radius 1 is 1.50 bits per heavy atom. The molecular weight excluding hydrogens is 204 g/mol. The van der Waals surface area contributed by atoms with Gasteiger partial charge >= 0.3 is 0 Å².